The van der Waals surface area contributed by atoms with Crippen LogP contribution in [0.2, 0.25) is 5.02 Å². The van der Waals surface area contributed by atoms with Gasteiger partial charge in [-0.3, -0.25) is 9.10 Å². The van der Waals surface area contributed by atoms with Crippen LogP contribution in [0.1, 0.15) is 29.6 Å². The number of benzene rings is 1. The number of sulfonamides is 1. The van der Waals surface area contributed by atoms with E-state index in [1.165, 1.54) is 22.5 Å². The minimum Gasteiger partial charge on any atom is -0.348 e. The minimum absolute atomic E-state index is 0.0552. The predicted molar refractivity (Wildman–Crippen MR) is 96.3 cm³/mol. The number of nitrogens with one attached hydrogen (secondary N) is 1. The van der Waals surface area contributed by atoms with E-state index < -0.39 is 31.8 Å². The van der Waals surface area contributed by atoms with Gasteiger partial charge in [-0.2, -0.15) is 0 Å². The molecule has 10 heteroatoms. The van der Waals surface area contributed by atoms with Gasteiger partial charge >= 0.3 is 0 Å². The molecule has 0 aromatic heterocycles. The third-order valence-electron chi connectivity index (χ3n) is 4.39. The Morgan fingerprint density at radius 2 is 1.92 bits per heavy atom. The number of carbonyl (C=O) groups is 1. The zero-order valence-corrected chi connectivity index (χ0v) is 15.8. The monoisotopic (exact) mass is 406 g/mol. The van der Waals surface area contributed by atoms with Crippen LogP contribution in [0, 0.1) is 0 Å². The summed E-state index contributed by atoms with van der Waals surface area (Å²) < 4.78 is 48.8. The Labute approximate surface area is 152 Å². The Morgan fingerprint density at radius 3 is 2.56 bits per heavy atom. The largest absolute Gasteiger partial charge is 0.348 e. The average Bonchev–Trinajstić information content (AvgIpc) is 2.86. The molecular weight excluding hydrogens is 388 g/mol. The third kappa shape index (κ3) is 4.09. The van der Waals surface area contributed by atoms with E-state index in [0.29, 0.717) is 19.4 Å². The van der Waals surface area contributed by atoms with E-state index >= 15 is 0 Å². The number of halogens is 1. The molecule has 1 amide bonds. The molecule has 138 valence electrons. The molecule has 0 aliphatic carbocycles. The van der Waals surface area contributed by atoms with Crippen LogP contribution < -0.4 is 9.62 Å². The molecule has 1 atom stereocenters. The summed E-state index contributed by atoms with van der Waals surface area (Å²) in [4.78, 5) is 12.4. The molecule has 2 saturated heterocycles. The fourth-order valence-corrected chi connectivity index (χ4v) is 6.67. The van der Waals surface area contributed by atoms with Crippen LogP contribution in [-0.2, 0) is 19.9 Å². The van der Waals surface area contributed by atoms with Gasteiger partial charge in [0.05, 0.1) is 28.0 Å². The van der Waals surface area contributed by atoms with Crippen molar-refractivity contribution in [3.8, 4) is 0 Å². The SMILES string of the molecule is O=C(N[C@@H]1CCS(=O)(=O)C1)c1ccc(Cl)c(N2CCCCS2(=O)=O)c1. The Hall–Kier alpha value is -1.32. The van der Waals surface area contributed by atoms with Crippen molar-refractivity contribution >= 4 is 43.1 Å². The fourth-order valence-electron chi connectivity index (χ4n) is 3.08. The topological polar surface area (TPSA) is 101 Å². The van der Waals surface area contributed by atoms with E-state index in [2.05, 4.69) is 5.32 Å². The van der Waals surface area contributed by atoms with Crippen molar-refractivity contribution < 1.29 is 21.6 Å². The van der Waals surface area contributed by atoms with Crippen LogP contribution in [0.3, 0.4) is 0 Å². The summed E-state index contributed by atoms with van der Waals surface area (Å²) >= 11 is 6.15. The van der Waals surface area contributed by atoms with Crippen LogP contribution in [0.4, 0.5) is 5.69 Å². The highest BCUT2D eigenvalue weighted by atomic mass is 35.5. The van der Waals surface area contributed by atoms with Crippen LogP contribution in [-0.4, -0.2) is 52.6 Å². The van der Waals surface area contributed by atoms with Gasteiger partial charge in [-0.1, -0.05) is 11.6 Å². The number of hydrogen-bond donors (Lipinski definition) is 1. The molecule has 0 bridgehead atoms. The van der Waals surface area contributed by atoms with Crippen molar-refractivity contribution in [1.82, 2.24) is 5.32 Å². The van der Waals surface area contributed by atoms with Gasteiger partial charge in [-0.15, -0.1) is 0 Å². The number of anilines is 1. The van der Waals surface area contributed by atoms with Gasteiger partial charge in [-0.25, -0.2) is 16.8 Å². The van der Waals surface area contributed by atoms with E-state index in [1.807, 2.05) is 0 Å². The molecule has 0 radical (unpaired) electrons. The molecule has 0 saturated carbocycles. The van der Waals surface area contributed by atoms with Gasteiger partial charge in [0.15, 0.2) is 9.84 Å². The summed E-state index contributed by atoms with van der Waals surface area (Å²) in [6.07, 6.45) is 1.72. The smallest absolute Gasteiger partial charge is 0.251 e. The van der Waals surface area contributed by atoms with E-state index in [4.69, 9.17) is 11.6 Å². The van der Waals surface area contributed by atoms with Crippen molar-refractivity contribution in [2.75, 3.05) is 28.1 Å². The lowest BCUT2D eigenvalue weighted by molar-refractivity contribution is 0.0941. The third-order valence-corrected chi connectivity index (χ3v) is 8.34. The van der Waals surface area contributed by atoms with Gasteiger partial charge in [0.1, 0.15) is 0 Å². The molecule has 25 heavy (non-hydrogen) atoms. The summed E-state index contributed by atoms with van der Waals surface area (Å²) in [6.45, 7) is 0.327. The maximum Gasteiger partial charge on any atom is 0.251 e. The second kappa shape index (κ2) is 6.77. The number of hydrogen-bond acceptors (Lipinski definition) is 5. The molecule has 2 heterocycles. The number of nitrogens with zero attached hydrogens (tertiary/aromatic N) is 1. The molecule has 3 rings (SSSR count). The van der Waals surface area contributed by atoms with Gasteiger partial charge < -0.3 is 5.32 Å². The Bertz CT molecular complexity index is 898. The highest BCUT2D eigenvalue weighted by Crippen LogP contribution is 2.31. The molecule has 2 fully saturated rings. The number of amides is 1. The Balaban J connectivity index is 1.83. The van der Waals surface area contributed by atoms with Crippen LogP contribution in [0.5, 0.6) is 0 Å². The molecule has 0 unspecified atom stereocenters. The molecule has 1 aromatic rings. The van der Waals surface area contributed by atoms with Crippen LogP contribution in [0.15, 0.2) is 18.2 Å². The standard InChI is InChI=1S/C15H19ClN2O5S2/c16-13-4-3-11(15(19)17-12-5-8-24(20,21)10-12)9-14(13)18-6-1-2-7-25(18,22)23/h3-4,9,12H,1-2,5-8,10H2,(H,17,19)/t12-/m1/s1. The van der Waals surface area contributed by atoms with E-state index in [1.54, 1.807) is 0 Å². The lowest BCUT2D eigenvalue weighted by Crippen LogP contribution is -2.38. The van der Waals surface area contributed by atoms with Crippen molar-refractivity contribution in [2.24, 2.45) is 0 Å². The maximum atomic E-state index is 12.4. The summed E-state index contributed by atoms with van der Waals surface area (Å²) in [5.74, 6) is -0.385. The first-order valence-electron chi connectivity index (χ1n) is 7.99. The summed E-state index contributed by atoms with van der Waals surface area (Å²) in [5.41, 5.74) is 0.539. The van der Waals surface area contributed by atoms with E-state index in [-0.39, 0.29) is 33.5 Å². The highest BCUT2D eigenvalue weighted by Gasteiger charge is 2.30. The minimum atomic E-state index is -3.44. The molecule has 1 N–H and O–H groups in total. The summed E-state index contributed by atoms with van der Waals surface area (Å²) in [7, 11) is -6.54. The molecule has 0 spiro atoms. The fraction of sp³-hybridized carbons (Fsp3) is 0.533. The molecular formula is C15H19ClN2O5S2. The predicted octanol–water partition coefficient (Wildman–Crippen LogP) is 1.19. The quantitative estimate of drug-likeness (QED) is 0.812. The highest BCUT2D eigenvalue weighted by molar-refractivity contribution is 7.92. The average molecular weight is 407 g/mol. The Kier molecular flexibility index (Phi) is 5.00. The van der Waals surface area contributed by atoms with Crippen molar-refractivity contribution in [3.63, 3.8) is 0 Å². The van der Waals surface area contributed by atoms with Gasteiger partial charge in [-0.05, 0) is 37.5 Å². The Morgan fingerprint density at radius 1 is 1.16 bits per heavy atom. The molecule has 1 aromatic carbocycles. The summed E-state index contributed by atoms with van der Waals surface area (Å²) in [5, 5.41) is 2.95. The first-order chi connectivity index (χ1) is 11.7. The van der Waals surface area contributed by atoms with E-state index in [9.17, 15) is 21.6 Å². The lowest BCUT2D eigenvalue weighted by Gasteiger charge is -2.29. The van der Waals surface area contributed by atoms with Gasteiger partial charge in [0, 0.05) is 18.2 Å². The normalized spacial score (nSPS) is 24.8. The van der Waals surface area contributed by atoms with Crippen LogP contribution in [0.25, 0.3) is 0 Å². The maximum absolute atomic E-state index is 12.4. The first-order valence-corrected chi connectivity index (χ1v) is 11.8. The zero-order valence-electron chi connectivity index (χ0n) is 13.4. The van der Waals surface area contributed by atoms with Gasteiger partial charge in [0.25, 0.3) is 5.91 Å². The van der Waals surface area contributed by atoms with Crippen LogP contribution >= 0.6 is 11.6 Å². The molecule has 2 aliphatic rings. The van der Waals surface area contributed by atoms with Gasteiger partial charge in [0.2, 0.25) is 10.0 Å². The number of rotatable bonds is 3. The van der Waals surface area contributed by atoms with E-state index in [0.717, 1.165) is 6.42 Å². The second-order valence-electron chi connectivity index (χ2n) is 6.33. The van der Waals surface area contributed by atoms with Crippen molar-refractivity contribution in [2.45, 2.75) is 25.3 Å². The first kappa shape index (κ1) is 18.5. The number of carbonyl (C=O) groups excluding carboxylic acids is 1. The van der Waals surface area contributed by atoms with Crippen molar-refractivity contribution in [1.29, 1.82) is 0 Å². The van der Waals surface area contributed by atoms with Crippen molar-refractivity contribution in [3.05, 3.63) is 28.8 Å². The molecule has 2 aliphatic heterocycles. The summed E-state index contributed by atoms with van der Waals surface area (Å²) in [6, 6.07) is 4.02. The number of sulfone groups is 1. The zero-order chi connectivity index (χ0) is 18.2. The lowest BCUT2D eigenvalue weighted by atomic mass is 10.1. The molecule has 7 nitrogen and oxygen atoms in total. The second-order valence-corrected chi connectivity index (χ2v) is 11.0.